The highest BCUT2D eigenvalue weighted by Gasteiger charge is 2.17. The fourth-order valence-corrected chi connectivity index (χ4v) is 2.84. The number of nitrogens with one attached hydrogen (secondary N) is 1. The summed E-state index contributed by atoms with van der Waals surface area (Å²) in [5.41, 5.74) is 5.72. The third kappa shape index (κ3) is 5.62. The van der Waals surface area contributed by atoms with E-state index in [0.29, 0.717) is 10.7 Å². The highest BCUT2D eigenvalue weighted by atomic mass is 35.5. The van der Waals surface area contributed by atoms with Gasteiger partial charge < -0.3 is 11.1 Å². The molecule has 1 rings (SSSR count). The topological polar surface area (TPSA) is 72.2 Å². The van der Waals surface area contributed by atoms with Crippen LogP contribution in [0, 0.1) is 0 Å². The van der Waals surface area contributed by atoms with E-state index >= 15 is 0 Å². The van der Waals surface area contributed by atoms with Crippen molar-refractivity contribution in [3.63, 3.8) is 0 Å². The molecule has 0 saturated heterocycles. The molecule has 0 aliphatic carbocycles. The van der Waals surface area contributed by atoms with Crippen LogP contribution in [0.15, 0.2) is 24.3 Å². The average Bonchev–Trinajstić information content (AvgIpc) is 2.18. The smallest absolute Gasteiger partial charge is 0.237 e. The molecular formula is C12H17ClN2O2S. The van der Waals surface area contributed by atoms with Crippen LogP contribution in [0.2, 0.25) is 5.02 Å². The molecule has 0 aliphatic rings. The van der Waals surface area contributed by atoms with Gasteiger partial charge in [-0.3, -0.25) is 9.00 Å². The van der Waals surface area contributed by atoms with Crippen molar-refractivity contribution in [2.45, 2.75) is 19.4 Å². The van der Waals surface area contributed by atoms with Gasteiger partial charge in [0.2, 0.25) is 5.91 Å². The van der Waals surface area contributed by atoms with E-state index in [9.17, 15) is 9.00 Å². The van der Waals surface area contributed by atoms with Crippen LogP contribution in [0.1, 0.15) is 13.8 Å². The predicted molar refractivity (Wildman–Crippen MR) is 76.2 cm³/mol. The Hall–Kier alpha value is -0.910. The molecule has 0 aromatic heterocycles. The Morgan fingerprint density at radius 1 is 1.44 bits per heavy atom. The maximum absolute atomic E-state index is 11.7. The van der Waals surface area contributed by atoms with Crippen molar-refractivity contribution in [2.75, 3.05) is 16.8 Å². The van der Waals surface area contributed by atoms with Gasteiger partial charge in [-0.1, -0.05) is 23.7 Å². The second kappa shape index (κ2) is 6.31. The van der Waals surface area contributed by atoms with Gasteiger partial charge in [-0.2, -0.15) is 0 Å². The van der Waals surface area contributed by atoms with Crippen LogP contribution in [0.5, 0.6) is 0 Å². The molecule has 3 N–H and O–H groups in total. The molecule has 6 heteroatoms. The Balaban J connectivity index is 2.53. The molecule has 18 heavy (non-hydrogen) atoms. The zero-order valence-electron chi connectivity index (χ0n) is 10.4. The van der Waals surface area contributed by atoms with Crippen LogP contribution in [-0.4, -0.2) is 27.2 Å². The van der Waals surface area contributed by atoms with E-state index in [2.05, 4.69) is 5.32 Å². The van der Waals surface area contributed by atoms with Crippen molar-refractivity contribution in [3.05, 3.63) is 29.3 Å². The molecule has 1 aromatic rings. The highest BCUT2D eigenvalue weighted by Crippen LogP contribution is 2.20. The summed E-state index contributed by atoms with van der Waals surface area (Å²) in [7, 11) is -1.28. The van der Waals surface area contributed by atoms with Gasteiger partial charge in [0.05, 0.1) is 10.7 Å². The molecule has 0 radical (unpaired) electrons. The van der Waals surface area contributed by atoms with E-state index in [-0.39, 0.29) is 17.4 Å². The molecule has 1 atom stereocenters. The third-order valence-corrected chi connectivity index (χ3v) is 3.95. The summed E-state index contributed by atoms with van der Waals surface area (Å²) in [5, 5.41) is 3.08. The molecule has 0 spiro atoms. The number of nitrogens with two attached hydrogens (primary N) is 1. The highest BCUT2D eigenvalue weighted by molar-refractivity contribution is 7.85. The molecule has 0 heterocycles. The maximum atomic E-state index is 11.7. The van der Waals surface area contributed by atoms with Crippen molar-refractivity contribution < 1.29 is 9.00 Å². The number of hydrogen-bond acceptors (Lipinski definition) is 3. The monoisotopic (exact) mass is 288 g/mol. The maximum Gasteiger partial charge on any atom is 0.237 e. The molecule has 0 bridgehead atoms. The van der Waals surface area contributed by atoms with Gasteiger partial charge in [0.1, 0.15) is 5.75 Å². The van der Waals surface area contributed by atoms with Crippen LogP contribution in [0.3, 0.4) is 0 Å². The number of hydrogen-bond donors (Lipinski definition) is 2. The van der Waals surface area contributed by atoms with Crippen molar-refractivity contribution in [1.29, 1.82) is 0 Å². The normalized spacial score (nSPS) is 13.1. The Morgan fingerprint density at radius 3 is 2.61 bits per heavy atom. The zero-order chi connectivity index (χ0) is 13.8. The van der Waals surface area contributed by atoms with Gasteiger partial charge in [-0.05, 0) is 26.0 Å². The minimum absolute atomic E-state index is 0.0775. The molecule has 1 unspecified atom stereocenters. The van der Waals surface area contributed by atoms with Gasteiger partial charge in [-0.25, -0.2) is 0 Å². The van der Waals surface area contributed by atoms with Gasteiger partial charge in [0.15, 0.2) is 0 Å². The molecule has 100 valence electrons. The van der Waals surface area contributed by atoms with E-state index in [1.165, 1.54) is 0 Å². The first kappa shape index (κ1) is 15.1. The van der Waals surface area contributed by atoms with Gasteiger partial charge in [0, 0.05) is 22.1 Å². The number of rotatable bonds is 5. The van der Waals surface area contributed by atoms with Gasteiger partial charge in [0.25, 0.3) is 0 Å². The lowest BCUT2D eigenvalue weighted by atomic mass is 10.1. The molecule has 1 aromatic carbocycles. The SMILES string of the molecule is CC(C)(N)CS(=O)CC(=O)Nc1ccccc1Cl. The summed E-state index contributed by atoms with van der Waals surface area (Å²) in [6.07, 6.45) is 0. The molecular weight excluding hydrogens is 272 g/mol. The van der Waals surface area contributed by atoms with Crippen LogP contribution >= 0.6 is 11.6 Å². The molecule has 1 amide bonds. The number of para-hydroxylation sites is 1. The van der Waals surface area contributed by atoms with Crippen LogP contribution in [-0.2, 0) is 15.6 Å². The Kier molecular flexibility index (Phi) is 5.31. The summed E-state index contributed by atoms with van der Waals surface area (Å²) in [6.45, 7) is 3.55. The van der Waals surface area contributed by atoms with E-state index in [0.717, 1.165) is 0 Å². The van der Waals surface area contributed by atoms with E-state index < -0.39 is 16.3 Å². The summed E-state index contributed by atoms with van der Waals surface area (Å²) in [5.74, 6) is -0.125. The van der Waals surface area contributed by atoms with E-state index in [1.807, 2.05) is 0 Å². The number of carbonyl (C=O) groups excluding carboxylic acids is 1. The lowest BCUT2D eigenvalue weighted by Crippen LogP contribution is -2.39. The van der Waals surface area contributed by atoms with Crippen LogP contribution in [0.25, 0.3) is 0 Å². The fourth-order valence-electron chi connectivity index (χ4n) is 1.36. The molecule has 4 nitrogen and oxygen atoms in total. The Morgan fingerprint density at radius 2 is 2.06 bits per heavy atom. The van der Waals surface area contributed by atoms with Crippen LogP contribution in [0.4, 0.5) is 5.69 Å². The second-order valence-corrected chi connectivity index (χ2v) is 6.61. The quantitative estimate of drug-likeness (QED) is 0.867. The predicted octanol–water partition coefficient (Wildman–Crippen LogP) is 1.76. The number of carbonyl (C=O) groups is 1. The zero-order valence-corrected chi connectivity index (χ0v) is 12.0. The number of benzene rings is 1. The fraction of sp³-hybridized carbons (Fsp3) is 0.417. The minimum Gasteiger partial charge on any atom is -0.325 e. The first-order valence-electron chi connectivity index (χ1n) is 5.46. The second-order valence-electron chi connectivity index (χ2n) is 4.75. The lowest BCUT2D eigenvalue weighted by molar-refractivity contribution is -0.113. The van der Waals surface area contributed by atoms with Crippen molar-refractivity contribution in [3.8, 4) is 0 Å². The number of halogens is 1. The standard InChI is InChI=1S/C12H17ClN2O2S/c1-12(2,14)8-18(17)7-11(16)15-10-6-4-3-5-9(10)13/h3-6H,7-8,14H2,1-2H3,(H,15,16). The summed E-state index contributed by atoms with van der Waals surface area (Å²) < 4.78 is 11.7. The van der Waals surface area contributed by atoms with E-state index in [4.69, 9.17) is 17.3 Å². The first-order valence-corrected chi connectivity index (χ1v) is 7.33. The van der Waals surface area contributed by atoms with Crippen molar-refractivity contribution >= 4 is 34.0 Å². The number of anilines is 1. The minimum atomic E-state index is -1.28. The lowest BCUT2D eigenvalue weighted by Gasteiger charge is -2.17. The summed E-state index contributed by atoms with van der Waals surface area (Å²) in [4.78, 5) is 11.7. The van der Waals surface area contributed by atoms with Gasteiger partial charge >= 0.3 is 0 Å². The molecule has 0 aliphatic heterocycles. The van der Waals surface area contributed by atoms with Crippen molar-refractivity contribution in [2.24, 2.45) is 5.73 Å². The Bertz CT molecular complexity index is 458. The van der Waals surface area contributed by atoms with Crippen LogP contribution < -0.4 is 11.1 Å². The number of amides is 1. The average molecular weight is 289 g/mol. The molecule has 0 fully saturated rings. The van der Waals surface area contributed by atoms with E-state index in [1.54, 1.807) is 38.1 Å². The first-order chi connectivity index (χ1) is 8.28. The Labute approximate surface area is 114 Å². The molecule has 0 saturated carbocycles. The third-order valence-electron chi connectivity index (χ3n) is 1.97. The van der Waals surface area contributed by atoms with Gasteiger partial charge in [-0.15, -0.1) is 0 Å². The summed E-state index contributed by atoms with van der Waals surface area (Å²) >= 11 is 5.90. The summed E-state index contributed by atoms with van der Waals surface area (Å²) in [6, 6.07) is 6.90. The van der Waals surface area contributed by atoms with Crippen molar-refractivity contribution in [1.82, 2.24) is 0 Å². The largest absolute Gasteiger partial charge is 0.325 e.